The van der Waals surface area contributed by atoms with Crippen LogP contribution in [0.25, 0.3) is 0 Å². The molecule has 0 radical (unpaired) electrons. The predicted octanol–water partition coefficient (Wildman–Crippen LogP) is 4.85. The maximum absolute atomic E-state index is 13.3. The number of hydrogen-bond donors (Lipinski definition) is 0. The first-order chi connectivity index (χ1) is 10.1. The van der Waals surface area contributed by atoms with Gasteiger partial charge in [-0.05, 0) is 54.8 Å². The molecule has 0 spiro atoms. The lowest BCUT2D eigenvalue weighted by Gasteiger charge is -2.14. The third kappa shape index (κ3) is 4.11. The molecule has 2 aromatic carbocycles. The van der Waals surface area contributed by atoms with E-state index in [0.717, 1.165) is 16.7 Å². The van der Waals surface area contributed by atoms with Gasteiger partial charge in [-0.1, -0.05) is 12.1 Å². The van der Waals surface area contributed by atoms with Crippen LogP contribution in [0.5, 0.6) is 11.5 Å². The fraction of sp³-hybridized carbons (Fsp3) is 0.294. The molecule has 0 aliphatic rings. The minimum atomic E-state index is -0.262. The Labute approximate surface area is 129 Å². The first-order valence-electron chi connectivity index (χ1n) is 6.83. The highest BCUT2D eigenvalue weighted by Gasteiger charge is 2.08. The standard InChI is InChI=1S/C17H18ClFO2/c1-3-20-17-8-13(10-18)5-7-16(17)21-11-14-9-15(19)6-4-12(14)2/h4-9H,3,10-11H2,1-2H3. The van der Waals surface area contributed by atoms with Crippen molar-refractivity contribution in [1.82, 2.24) is 0 Å². The number of alkyl halides is 1. The molecule has 0 saturated carbocycles. The zero-order valence-corrected chi connectivity index (χ0v) is 12.9. The summed E-state index contributed by atoms with van der Waals surface area (Å²) in [6.45, 7) is 4.68. The Morgan fingerprint density at radius 1 is 1.05 bits per heavy atom. The van der Waals surface area contributed by atoms with Crippen molar-refractivity contribution in [3.8, 4) is 11.5 Å². The molecule has 0 amide bonds. The van der Waals surface area contributed by atoms with Crippen molar-refractivity contribution in [3.05, 3.63) is 58.9 Å². The van der Waals surface area contributed by atoms with Gasteiger partial charge in [-0.2, -0.15) is 0 Å². The highest BCUT2D eigenvalue weighted by atomic mass is 35.5. The zero-order chi connectivity index (χ0) is 15.2. The zero-order valence-electron chi connectivity index (χ0n) is 12.2. The van der Waals surface area contributed by atoms with Crippen molar-refractivity contribution >= 4 is 11.6 Å². The van der Waals surface area contributed by atoms with Gasteiger partial charge in [0.05, 0.1) is 6.61 Å². The Morgan fingerprint density at radius 2 is 1.86 bits per heavy atom. The maximum atomic E-state index is 13.3. The summed E-state index contributed by atoms with van der Waals surface area (Å²) in [6.07, 6.45) is 0. The Hall–Kier alpha value is -1.74. The average molecular weight is 309 g/mol. The molecule has 0 atom stereocenters. The summed E-state index contributed by atoms with van der Waals surface area (Å²) in [4.78, 5) is 0. The number of hydrogen-bond acceptors (Lipinski definition) is 2. The normalized spacial score (nSPS) is 10.5. The Morgan fingerprint density at radius 3 is 2.57 bits per heavy atom. The van der Waals surface area contributed by atoms with Crippen LogP contribution in [0.1, 0.15) is 23.6 Å². The van der Waals surface area contributed by atoms with Crippen molar-refractivity contribution in [2.45, 2.75) is 26.3 Å². The molecule has 2 aromatic rings. The van der Waals surface area contributed by atoms with Crippen LogP contribution in [0.4, 0.5) is 4.39 Å². The molecule has 0 aliphatic heterocycles. The first-order valence-corrected chi connectivity index (χ1v) is 7.37. The summed E-state index contributed by atoms with van der Waals surface area (Å²) >= 11 is 5.82. The van der Waals surface area contributed by atoms with E-state index in [9.17, 15) is 4.39 Å². The quantitative estimate of drug-likeness (QED) is 0.710. The van der Waals surface area contributed by atoms with Crippen LogP contribution in [0.2, 0.25) is 0 Å². The van der Waals surface area contributed by atoms with E-state index < -0.39 is 0 Å². The third-order valence-electron chi connectivity index (χ3n) is 3.16. The van der Waals surface area contributed by atoms with E-state index in [-0.39, 0.29) is 5.82 Å². The number of rotatable bonds is 6. The lowest BCUT2D eigenvalue weighted by molar-refractivity contribution is 0.268. The summed E-state index contributed by atoms with van der Waals surface area (Å²) in [5.41, 5.74) is 2.78. The summed E-state index contributed by atoms with van der Waals surface area (Å²) in [5, 5.41) is 0. The monoisotopic (exact) mass is 308 g/mol. The minimum Gasteiger partial charge on any atom is -0.490 e. The van der Waals surface area contributed by atoms with E-state index in [1.807, 2.05) is 32.0 Å². The fourth-order valence-corrected chi connectivity index (χ4v) is 2.14. The molecule has 112 valence electrons. The number of ether oxygens (including phenoxy) is 2. The summed E-state index contributed by atoms with van der Waals surface area (Å²) in [5.74, 6) is 1.45. The van der Waals surface area contributed by atoms with Crippen LogP contribution in [-0.2, 0) is 12.5 Å². The Balaban J connectivity index is 2.17. The number of benzene rings is 2. The molecule has 0 saturated heterocycles. The van der Waals surface area contributed by atoms with Gasteiger partial charge in [0, 0.05) is 5.88 Å². The molecule has 2 rings (SSSR count). The van der Waals surface area contributed by atoms with E-state index in [1.54, 1.807) is 6.07 Å². The highest BCUT2D eigenvalue weighted by Crippen LogP contribution is 2.30. The average Bonchev–Trinajstić information content (AvgIpc) is 2.49. The Kier molecular flexibility index (Phi) is 5.45. The van der Waals surface area contributed by atoms with Crippen molar-refractivity contribution in [1.29, 1.82) is 0 Å². The minimum absolute atomic E-state index is 0.262. The van der Waals surface area contributed by atoms with Crippen molar-refractivity contribution in [3.63, 3.8) is 0 Å². The van der Waals surface area contributed by atoms with Gasteiger partial charge >= 0.3 is 0 Å². The molecule has 0 unspecified atom stereocenters. The smallest absolute Gasteiger partial charge is 0.161 e. The van der Waals surface area contributed by atoms with E-state index in [2.05, 4.69) is 0 Å². The van der Waals surface area contributed by atoms with Gasteiger partial charge in [-0.3, -0.25) is 0 Å². The molecule has 0 aromatic heterocycles. The lowest BCUT2D eigenvalue weighted by Crippen LogP contribution is -2.02. The van der Waals surface area contributed by atoms with Crippen molar-refractivity contribution in [2.24, 2.45) is 0 Å². The van der Waals surface area contributed by atoms with E-state index in [4.69, 9.17) is 21.1 Å². The van der Waals surface area contributed by atoms with E-state index in [1.165, 1.54) is 12.1 Å². The molecule has 4 heteroatoms. The second kappa shape index (κ2) is 7.32. The second-order valence-electron chi connectivity index (χ2n) is 4.71. The predicted molar refractivity (Wildman–Crippen MR) is 82.6 cm³/mol. The van der Waals surface area contributed by atoms with Gasteiger partial charge in [0.2, 0.25) is 0 Å². The van der Waals surface area contributed by atoms with Gasteiger partial charge < -0.3 is 9.47 Å². The summed E-state index contributed by atoms with van der Waals surface area (Å²) in [7, 11) is 0. The van der Waals surface area contributed by atoms with Gasteiger partial charge in [0.15, 0.2) is 11.5 Å². The largest absolute Gasteiger partial charge is 0.490 e. The molecular weight excluding hydrogens is 291 g/mol. The molecule has 0 N–H and O–H groups in total. The molecule has 0 bridgehead atoms. The van der Waals surface area contributed by atoms with Crippen LogP contribution >= 0.6 is 11.6 Å². The van der Waals surface area contributed by atoms with Crippen molar-refractivity contribution in [2.75, 3.05) is 6.61 Å². The maximum Gasteiger partial charge on any atom is 0.161 e. The molecular formula is C17H18ClFO2. The van der Waals surface area contributed by atoms with Crippen molar-refractivity contribution < 1.29 is 13.9 Å². The van der Waals surface area contributed by atoms with Gasteiger partial charge in [0.1, 0.15) is 12.4 Å². The molecule has 0 fully saturated rings. The van der Waals surface area contributed by atoms with Gasteiger partial charge in [0.25, 0.3) is 0 Å². The lowest BCUT2D eigenvalue weighted by atomic mass is 10.1. The highest BCUT2D eigenvalue weighted by molar-refractivity contribution is 6.17. The molecule has 21 heavy (non-hydrogen) atoms. The summed E-state index contributed by atoms with van der Waals surface area (Å²) in [6, 6.07) is 10.3. The van der Waals surface area contributed by atoms with Crippen LogP contribution in [0, 0.1) is 12.7 Å². The molecule has 0 heterocycles. The fourth-order valence-electron chi connectivity index (χ4n) is 1.97. The van der Waals surface area contributed by atoms with Gasteiger partial charge in [-0.25, -0.2) is 4.39 Å². The summed E-state index contributed by atoms with van der Waals surface area (Å²) < 4.78 is 24.6. The third-order valence-corrected chi connectivity index (χ3v) is 3.47. The topological polar surface area (TPSA) is 18.5 Å². The van der Waals surface area contributed by atoms with Crippen LogP contribution in [0.15, 0.2) is 36.4 Å². The van der Waals surface area contributed by atoms with E-state index in [0.29, 0.717) is 30.6 Å². The van der Waals surface area contributed by atoms with Crippen LogP contribution in [-0.4, -0.2) is 6.61 Å². The van der Waals surface area contributed by atoms with E-state index >= 15 is 0 Å². The second-order valence-corrected chi connectivity index (χ2v) is 4.97. The Bertz CT molecular complexity index is 614. The SMILES string of the molecule is CCOc1cc(CCl)ccc1OCc1cc(F)ccc1C. The van der Waals surface area contributed by atoms with Crippen LogP contribution < -0.4 is 9.47 Å². The number of aryl methyl sites for hydroxylation is 1. The first kappa shape index (κ1) is 15.6. The van der Waals surface area contributed by atoms with Crippen LogP contribution in [0.3, 0.4) is 0 Å². The number of halogens is 2. The molecule has 0 aliphatic carbocycles. The molecule has 2 nitrogen and oxygen atoms in total. The van der Waals surface area contributed by atoms with Gasteiger partial charge in [-0.15, -0.1) is 11.6 Å².